The van der Waals surface area contributed by atoms with Gasteiger partial charge in [0.15, 0.2) is 0 Å². The first-order valence-corrected chi connectivity index (χ1v) is 13.2. The van der Waals surface area contributed by atoms with Crippen LogP contribution in [0.25, 0.3) is 10.9 Å². The summed E-state index contributed by atoms with van der Waals surface area (Å²) in [5.41, 5.74) is 3.43. The molecule has 0 N–H and O–H groups in total. The Hall–Kier alpha value is -2.27. The number of rotatable bonds is 6. The zero-order valence-electron chi connectivity index (χ0n) is 21.7. The Morgan fingerprint density at radius 1 is 1.21 bits per heavy atom. The van der Waals surface area contributed by atoms with Crippen molar-refractivity contribution in [2.24, 2.45) is 0 Å². The van der Waals surface area contributed by atoms with E-state index in [1.807, 2.05) is 45.6 Å². The maximum atomic E-state index is 12.4. The number of hydrogen-bond acceptors (Lipinski definition) is 2. The van der Waals surface area contributed by atoms with Crippen LogP contribution < -0.4 is 0 Å². The molecule has 1 aliphatic rings. The van der Waals surface area contributed by atoms with Gasteiger partial charge in [0.05, 0.1) is 0 Å². The summed E-state index contributed by atoms with van der Waals surface area (Å²) in [5, 5.41) is 1.31. The van der Waals surface area contributed by atoms with Gasteiger partial charge in [-0.25, -0.2) is 4.79 Å². The van der Waals surface area contributed by atoms with Gasteiger partial charge in [-0.3, -0.25) is 0 Å². The fourth-order valence-electron chi connectivity index (χ4n) is 4.29. The van der Waals surface area contributed by atoms with Crippen LogP contribution in [0, 0.1) is 0 Å². The number of ether oxygens (including phenoxy) is 1. The van der Waals surface area contributed by atoms with Crippen molar-refractivity contribution in [2.75, 3.05) is 13.1 Å². The topological polar surface area (TPSA) is 34.5 Å². The molecule has 5 heteroatoms. The highest BCUT2D eigenvalue weighted by Crippen LogP contribution is 2.35. The van der Waals surface area contributed by atoms with E-state index in [0.29, 0.717) is 5.92 Å². The molecule has 0 unspecified atom stereocenters. The average Bonchev–Trinajstić information content (AvgIpc) is 3.16. The number of amides is 1. The van der Waals surface area contributed by atoms with Crippen LogP contribution in [0.15, 0.2) is 65.3 Å². The van der Waals surface area contributed by atoms with Gasteiger partial charge in [-0.2, -0.15) is 0 Å². The van der Waals surface area contributed by atoms with Crippen LogP contribution in [0.3, 0.4) is 0 Å². The predicted octanol–water partition coefficient (Wildman–Crippen LogP) is 8.58. The number of piperidine rings is 1. The Bertz CT molecular complexity index is 1010. The van der Waals surface area contributed by atoms with Gasteiger partial charge in [0.1, 0.15) is 5.60 Å². The van der Waals surface area contributed by atoms with Gasteiger partial charge in [-0.15, -0.1) is 6.58 Å². The number of hydrogen-bond donors (Lipinski definition) is 0. The van der Waals surface area contributed by atoms with Gasteiger partial charge < -0.3 is 14.2 Å². The molecule has 1 saturated heterocycles. The summed E-state index contributed by atoms with van der Waals surface area (Å²) in [7, 11) is 0. The number of nitrogens with zero attached hydrogens (tertiary/aromatic N) is 2. The quantitative estimate of drug-likeness (QED) is 0.277. The molecule has 0 atom stereocenters. The monoisotopic (exact) mass is 528 g/mol. The molecule has 0 saturated carbocycles. The number of carbonyl (C=O) groups is 1. The van der Waals surface area contributed by atoms with Crippen LogP contribution in [0.2, 0.25) is 0 Å². The molecule has 0 radical (unpaired) electrons. The Morgan fingerprint density at radius 3 is 2.44 bits per heavy atom. The third kappa shape index (κ3) is 7.90. The van der Waals surface area contributed by atoms with Crippen molar-refractivity contribution in [2.45, 2.75) is 78.9 Å². The van der Waals surface area contributed by atoms with Crippen LogP contribution in [-0.4, -0.2) is 34.3 Å². The van der Waals surface area contributed by atoms with Gasteiger partial charge in [-0.05, 0) is 80.6 Å². The molecular weight excluding hydrogens is 488 g/mol. The molecule has 0 aliphatic carbocycles. The van der Waals surface area contributed by atoms with E-state index in [1.165, 1.54) is 22.0 Å². The summed E-state index contributed by atoms with van der Waals surface area (Å²) in [6.45, 7) is 17.9. The number of likely N-dealkylation sites (tertiary alicyclic amines) is 1. The number of halogens is 1. The summed E-state index contributed by atoms with van der Waals surface area (Å²) < 4.78 is 9.02. The number of para-hydroxylation sites is 1. The van der Waals surface area contributed by atoms with Crippen LogP contribution in [0.4, 0.5) is 4.79 Å². The number of fused-ring (bicyclic) bond motifs is 1. The largest absolute Gasteiger partial charge is 0.444 e. The molecule has 1 aromatic heterocycles. The van der Waals surface area contributed by atoms with Crippen molar-refractivity contribution in [3.05, 3.63) is 70.9 Å². The average molecular weight is 530 g/mol. The molecule has 2 heterocycles. The van der Waals surface area contributed by atoms with E-state index in [2.05, 4.69) is 76.6 Å². The fourth-order valence-corrected chi connectivity index (χ4v) is 4.58. The first-order valence-electron chi connectivity index (χ1n) is 12.4. The van der Waals surface area contributed by atoms with Crippen molar-refractivity contribution >= 4 is 32.9 Å². The van der Waals surface area contributed by atoms with Crippen molar-refractivity contribution < 1.29 is 9.53 Å². The van der Waals surface area contributed by atoms with E-state index in [9.17, 15) is 4.79 Å². The lowest BCUT2D eigenvalue weighted by molar-refractivity contribution is 0.0205. The third-order valence-electron chi connectivity index (χ3n) is 5.69. The minimum Gasteiger partial charge on any atom is -0.444 e. The summed E-state index contributed by atoms with van der Waals surface area (Å²) >= 11 is 3.58. The second-order valence-electron chi connectivity index (χ2n) is 9.51. The van der Waals surface area contributed by atoms with Crippen LogP contribution in [-0.2, 0) is 11.3 Å². The SMILES string of the molecule is C=CCC=C(/C=C(\C)Br)Cn1cc(C2CCN(C(=O)OC(C)(C)C)CC2)c2ccccc21.CC. The molecule has 1 amide bonds. The second-order valence-corrected chi connectivity index (χ2v) is 10.8. The first-order chi connectivity index (χ1) is 16.2. The summed E-state index contributed by atoms with van der Waals surface area (Å²) in [6, 6.07) is 8.64. The molecule has 3 rings (SSSR count). The van der Waals surface area contributed by atoms with Gasteiger partial charge in [0.25, 0.3) is 0 Å². The number of aromatic nitrogens is 1. The van der Waals surface area contributed by atoms with Gasteiger partial charge in [0.2, 0.25) is 0 Å². The van der Waals surface area contributed by atoms with Gasteiger partial charge >= 0.3 is 6.09 Å². The predicted molar refractivity (Wildman–Crippen MR) is 149 cm³/mol. The lowest BCUT2D eigenvalue weighted by Crippen LogP contribution is -2.41. The molecule has 1 aromatic carbocycles. The first kappa shape index (κ1) is 28.0. The summed E-state index contributed by atoms with van der Waals surface area (Å²) in [6.07, 6.45) is 11.2. The van der Waals surface area contributed by atoms with Crippen LogP contribution in [0.5, 0.6) is 0 Å². The van der Waals surface area contributed by atoms with Crippen molar-refractivity contribution in [1.29, 1.82) is 0 Å². The number of carbonyl (C=O) groups excluding carboxylic acids is 1. The molecule has 4 nitrogen and oxygen atoms in total. The van der Waals surface area contributed by atoms with Gasteiger partial charge in [0, 0.05) is 36.7 Å². The van der Waals surface area contributed by atoms with Crippen LogP contribution >= 0.6 is 15.9 Å². The van der Waals surface area contributed by atoms with Crippen LogP contribution in [0.1, 0.15) is 72.3 Å². The van der Waals surface area contributed by atoms with Crippen molar-refractivity contribution in [3.8, 4) is 0 Å². The lowest BCUT2D eigenvalue weighted by atomic mass is 9.89. The van der Waals surface area contributed by atoms with E-state index in [4.69, 9.17) is 4.74 Å². The Kier molecular flexibility index (Phi) is 10.7. The normalized spacial score (nSPS) is 15.7. The molecular formula is C29H41BrN2O2. The third-order valence-corrected chi connectivity index (χ3v) is 5.92. The van der Waals surface area contributed by atoms with E-state index in [1.54, 1.807) is 0 Å². The van der Waals surface area contributed by atoms with E-state index in [0.717, 1.165) is 43.4 Å². The number of allylic oxidation sites excluding steroid dienone is 5. The smallest absolute Gasteiger partial charge is 0.410 e. The second kappa shape index (κ2) is 13.0. The molecule has 186 valence electrons. The minimum atomic E-state index is -0.458. The molecule has 1 aliphatic heterocycles. The highest BCUT2D eigenvalue weighted by molar-refractivity contribution is 9.11. The van der Waals surface area contributed by atoms with Crippen molar-refractivity contribution in [1.82, 2.24) is 9.47 Å². The molecule has 34 heavy (non-hydrogen) atoms. The molecule has 2 aromatic rings. The zero-order valence-corrected chi connectivity index (χ0v) is 23.3. The lowest BCUT2D eigenvalue weighted by Gasteiger charge is -2.33. The maximum absolute atomic E-state index is 12.4. The fraction of sp³-hybridized carbons (Fsp3) is 0.483. The minimum absolute atomic E-state index is 0.202. The molecule has 0 spiro atoms. The van der Waals surface area contributed by atoms with E-state index in [-0.39, 0.29) is 6.09 Å². The Morgan fingerprint density at radius 2 is 1.85 bits per heavy atom. The number of benzene rings is 1. The summed E-state index contributed by atoms with van der Waals surface area (Å²) in [4.78, 5) is 14.3. The van der Waals surface area contributed by atoms with E-state index < -0.39 is 5.60 Å². The zero-order chi connectivity index (χ0) is 25.3. The van der Waals surface area contributed by atoms with Gasteiger partial charge in [-0.1, -0.05) is 60.1 Å². The Labute approximate surface area is 214 Å². The van der Waals surface area contributed by atoms with Crippen molar-refractivity contribution in [3.63, 3.8) is 0 Å². The highest BCUT2D eigenvalue weighted by atomic mass is 79.9. The maximum Gasteiger partial charge on any atom is 0.410 e. The highest BCUT2D eigenvalue weighted by Gasteiger charge is 2.28. The Balaban J connectivity index is 0.00000199. The summed E-state index contributed by atoms with van der Waals surface area (Å²) in [5.74, 6) is 0.439. The standard InChI is InChI=1S/C27H35BrN2O2.C2H6/c1-6-7-10-21(17-20(2)28)18-30-19-24(23-11-8-9-12-25(23)30)22-13-15-29(16-14-22)26(31)32-27(3,4)5;1-2/h6,8-12,17,19,22H,1,7,13-16,18H2,2-5H3;1-2H3/b20-17+,21-10?;. The van der Waals surface area contributed by atoms with E-state index >= 15 is 0 Å². The molecule has 1 fully saturated rings. The molecule has 0 bridgehead atoms.